The zero-order chi connectivity index (χ0) is 28.1. The van der Waals surface area contributed by atoms with Gasteiger partial charge in [0.1, 0.15) is 11.7 Å². The number of fused-ring (bicyclic) bond motifs is 1. The SMILES string of the molecule is CC(C)(CO)[C@@H](O)C(=O)NCCC(=O)C(=O)NCC1CCN(S(=O)(=O)c2ccc3oc(=O)ccc3c2)CC1. The molecule has 38 heavy (non-hydrogen) atoms. The van der Waals surface area contributed by atoms with Crippen molar-refractivity contribution in [1.29, 1.82) is 0 Å². The smallest absolute Gasteiger partial charge is 0.336 e. The summed E-state index contributed by atoms with van der Waals surface area (Å²) in [6.45, 7) is 3.19. The largest absolute Gasteiger partial charge is 0.423 e. The number of sulfonamides is 1. The van der Waals surface area contributed by atoms with E-state index in [2.05, 4.69) is 10.6 Å². The molecule has 1 aliphatic rings. The summed E-state index contributed by atoms with van der Waals surface area (Å²) in [4.78, 5) is 47.6. The zero-order valence-electron chi connectivity index (χ0n) is 21.3. The number of benzene rings is 1. The normalized spacial score (nSPS) is 16.2. The number of nitrogens with one attached hydrogen (secondary N) is 2. The minimum absolute atomic E-state index is 0.0142. The van der Waals surface area contributed by atoms with E-state index >= 15 is 0 Å². The molecule has 4 N–H and O–H groups in total. The van der Waals surface area contributed by atoms with Gasteiger partial charge in [0.2, 0.25) is 21.7 Å². The maximum Gasteiger partial charge on any atom is 0.336 e. The number of aliphatic hydroxyl groups excluding tert-OH is 2. The van der Waals surface area contributed by atoms with Crippen LogP contribution in [0.2, 0.25) is 0 Å². The summed E-state index contributed by atoms with van der Waals surface area (Å²) in [5.41, 5.74) is -1.27. The van der Waals surface area contributed by atoms with Crippen molar-refractivity contribution in [3.63, 3.8) is 0 Å². The molecule has 0 unspecified atom stereocenters. The fraction of sp³-hybridized carbons (Fsp3) is 0.520. The Morgan fingerprint density at radius 2 is 1.82 bits per heavy atom. The minimum Gasteiger partial charge on any atom is -0.423 e. The molecule has 13 heteroatoms. The van der Waals surface area contributed by atoms with Crippen molar-refractivity contribution in [3.05, 3.63) is 40.8 Å². The highest BCUT2D eigenvalue weighted by Crippen LogP contribution is 2.26. The highest BCUT2D eigenvalue weighted by atomic mass is 32.2. The molecule has 1 aromatic heterocycles. The third-order valence-corrected chi connectivity index (χ3v) is 8.55. The fourth-order valence-corrected chi connectivity index (χ4v) is 5.51. The van der Waals surface area contributed by atoms with Crippen molar-refractivity contribution in [3.8, 4) is 0 Å². The molecule has 0 radical (unpaired) electrons. The van der Waals surface area contributed by atoms with Crippen LogP contribution in [0.4, 0.5) is 0 Å². The molecule has 0 bridgehead atoms. The van der Waals surface area contributed by atoms with Crippen LogP contribution in [0.25, 0.3) is 11.0 Å². The van der Waals surface area contributed by atoms with Crippen molar-refractivity contribution in [2.24, 2.45) is 11.3 Å². The molecule has 3 rings (SSSR count). The van der Waals surface area contributed by atoms with Crippen LogP contribution in [0.3, 0.4) is 0 Å². The van der Waals surface area contributed by atoms with Crippen LogP contribution in [0.15, 0.2) is 44.4 Å². The topological polar surface area (TPSA) is 183 Å². The van der Waals surface area contributed by atoms with E-state index in [-0.39, 0.29) is 43.4 Å². The fourth-order valence-electron chi connectivity index (χ4n) is 4.00. The molecule has 2 heterocycles. The first-order valence-electron chi connectivity index (χ1n) is 12.3. The molecule has 2 amide bonds. The molecule has 1 fully saturated rings. The van der Waals surface area contributed by atoms with E-state index in [0.717, 1.165) is 0 Å². The summed E-state index contributed by atoms with van der Waals surface area (Å²) < 4.78 is 32.6. The van der Waals surface area contributed by atoms with Gasteiger partial charge in [-0.05, 0) is 43.0 Å². The quantitative estimate of drug-likeness (QED) is 0.216. The number of rotatable bonds is 11. The number of aliphatic hydroxyl groups is 2. The van der Waals surface area contributed by atoms with E-state index in [9.17, 15) is 37.8 Å². The lowest BCUT2D eigenvalue weighted by Crippen LogP contribution is -2.46. The maximum atomic E-state index is 13.1. The van der Waals surface area contributed by atoms with E-state index in [0.29, 0.717) is 23.8 Å². The number of Topliss-reactive ketones (excluding diaryl/α,β-unsaturated/α-hetero) is 1. The Kier molecular flexibility index (Phi) is 9.41. The van der Waals surface area contributed by atoms with Gasteiger partial charge in [0, 0.05) is 49.5 Å². The van der Waals surface area contributed by atoms with E-state index in [1.54, 1.807) is 0 Å². The first kappa shape index (κ1) is 29.4. The summed E-state index contributed by atoms with van der Waals surface area (Å²) in [5.74, 6) is -2.28. The average molecular weight is 552 g/mol. The molecule has 1 aliphatic heterocycles. The van der Waals surface area contributed by atoms with Crippen molar-refractivity contribution >= 4 is 38.6 Å². The second kappa shape index (κ2) is 12.2. The number of hydrogen-bond donors (Lipinski definition) is 4. The molecule has 0 spiro atoms. The van der Waals surface area contributed by atoms with Crippen molar-refractivity contribution in [2.45, 2.75) is 44.1 Å². The highest BCUT2D eigenvalue weighted by Gasteiger charge is 2.33. The Labute approximate surface area is 220 Å². The lowest BCUT2D eigenvalue weighted by atomic mass is 9.87. The number of hydrogen-bond acceptors (Lipinski definition) is 9. The Balaban J connectivity index is 1.43. The van der Waals surface area contributed by atoms with Gasteiger partial charge in [0.25, 0.3) is 5.91 Å². The van der Waals surface area contributed by atoms with Crippen molar-refractivity contribution in [1.82, 2.24) is 14.9 Å². The minimum atomic E-state index is -3.76. The van der Waals surface area contributed by atoms with E-state index in [4.69, 9.17) is 4.42 Å². The Morgan fingerprint density at radius 1 is 1.13 bits per heavy atom. The lowest BCUT2D eigenvalue weighted by molar-refractivity contribution is -0.139. The van der Waals surface area contributed by atoms with Gasteiger partial charge in [-0.15, -0.1) is 0 Å². The monoisotopic (exact) mass is 551 g/mol. The number of amides is 2. The Morgan fingerprint density at radius 3 is 2.47 bits per heavy atom. The second-order valence-corrected chi connectivity index (χ2v) is 12.0. The average Bonchev–Trinajstić information content (AvgIpc) is 2.90. The summed E-state index contributed by atoms with van der Waals surface area (Å²) in [6.07, 6.45) is -0.736. The Bertz CT molecular complexity index is 1350. The number of carbonyl (C=O) groups is 3. The number of nitrogens with zero attached hydrogens (tertiary/aromatic N) is 1. The molecule has 1 aromatic carbocycles. The first-order chi connectivity index (χ1) is 17.8. The van der Waals surface area contributed by atoms with Gasteiger partial charge < -0.3 is 25.3 Å². The number of carbonyl (C=O) groups excluding carboxylic acids is 3. The third-order valence-electron chi connectivity index (χ3n) is 6.65. The van der Waals surface area contributed by atoms with Crippen LogP contribution in [0.1, 0.15) is 33.1 Å². The molecule has 1 atom stereocenters. The lowest BCUT2D eigenvalue weighted by Gasteiger charge is -2.31. The molecule has 2 aromatic rings. The molecule has 0 aliphatic carbocycles. The van der Waals surface area contributed by atoms with E-state index in [1.165, 1.54) is 48.5 Å². The van der Waals surface area contributed by atoms with Gasteiger partial charge in [-0.2, -0.15) is 4.31 Å². The van der Waals surface area contributed by atoms with E-state index < -0.39 is 51.4 Å². The third kappa shape index (κ3) is 7.04. The first-order valence-corrected chi connectivity index (χ1v) is 13.7. The van der Waals surface area contributed by atoms with Crippen LogP contribution < -0.4 is 16.3 Å². The van der Waals surface area contributed by atoms with E-state index in [1.807, 2.05) is 0 Å². The van der Waals surface area contributed by atoms with Crippen LogP contribution in [0.5, 0.6) is 0 Å². The number of piperidine rings is 1. The van der Waals surface area contributed by atoms with Gasteiger partial charge >= 0.3 is 5.63 Å². The zero-order valence-corrected chi connectivity index (χ0v) is 22.1. The van der Waals surface area contributed by atoms with Crippen LogP contribution in [0, 0.1) is 11.3 Å². The molecular formula is C25H33N3O9S. The summed E-state index contributed by atoms with van der Waals surface area (Å²) >= 11 is 0. The van der Waals surface area contributed by atoms with Crippen LogP contribution >= 0.6 is 0 Å². The van der Waals surface area contributed by atoms with Gasteiger partial charge in [-0.3, -0.25) is 14.4 Å². The molecule has 1 saturated heterocycles. The summed E-state index contributed by atoms with van der Waals surface area (Å²) in [7, 11) is -3.76. The maximum absolute atomic E-state index is 13.1. The standard InChI is InChI=1S/C25H33N3O9S/c1-25(2,15-29)22(32)24(34)26-10-7-19(30)23(33)27-14-16-8-11-28(12-9-16)38(35,36)18-4-5-20-17(13-18)3-6-21(31)37-20/h3-6,13,16,22,29,32H,7-12,14-15H2,1-2H3,(H,26,34)(H,27,33)/t22-/m0/s1. The molecule has 0 saturated carbocycles. The predicted octanol–water partition coefficient (Wildman–Crippen LogP) is -0.235. The van der Waals surface area contributed by atoms with Crippen molar-refractivity contribution < 1.29 is 37.4 Å². The number of ketones is 1. The van der Waals surface area contributed by atoms with Gasteiger partial charge in [0.15, 0.2) is 0 Å². The van der Waals surface area contributed by atoms with Crippen molar-refractivity contribution in [2.75, 3.05) is 32.8 Å². The molecule has 12 nitrogen and oxygen atoms in total. The Hall–Kier alpha value is -3.13. The highest BCUT2D eigenvalue weighted by molar-refractivity contribution is 7.89. The van der Waals surface area contributed by atoms with Gasteiger partial charge in [0.05, 0.1) is 11.5 Å². The van der Waals surface area contributed by atoms with Crippen LogP contribution in [-0.4, -0.2) is 79.4 Å². The summed E-state index contributed by atoms with van der Waals surface area (Å²) in [6, 6.07) is 7.04. The summed E-state index contributed by atoms with van der Waals surface area (Å²) in [5, 5.41) is 24.6. The van der Waals surface area contributed by atoms with Gasteiger partial charge in [-0.25, -0.2) is 13.2 Å². The van der Waals surface area contributed by atoms with Crippen LogP contribution in [-0.2, 0) is 24.4 Å². The predicted molar refractivity (Wildman–Crippen MR) is 136 cm³/mol. The second-order valence-electron chi connectivity index (χ2n) is 10.0. The van der Waals surface area contributed by atoms with Gasteiger partial charge in [-0.1, -0.05) is 13.8 Å². The molecule has 208 valence electrons. The molecular weight excluding hydrogens is 518 g/mol.